The van der Waals surface area contributed by atoms with Crippen LogP contribution in [0.25, 0.3) is 0 Å². The molecule has 6 nitrogen and oxygen atoms in total. The third kappa shape index (κ3) is 4.00. The van der Waals surface area contributed by atoms with Gasteiger partial charge in [0.15, 0.2) is 10.4 Å². The number of furan rings is 1. The Kier molecular flexibility index (Phi) is 5.58. The Balaban J connectivity index is 1.50. The molecule has 0 unspecified atom stereocenters. The quantitative estimate of drug-likeness (QED) is 0.577. The molecule has 0 N–H and O–H groups in total. The van der Waals surface area contributed by atoms with Gasteiger partial charge in [0.2, 0.25) is 0 Å². The highest BCUT2D eigenvalue weighted by atomic mass is 79.9. The normalized spacial score (nSPS) is 14.8. The van der Waals surface area contributed by atoms with E-state index in [1.54, 1.807) is 31.3 Å². The first-order chi connectivity index (χ1) is 14.0. The molecule has 3 heterocycles. The summed E-state index contributed by atoms with van der Waals surface area (Å²) < 4.78 is 8.08. The third-order valence-electron chi connectivity index (χ3n) is 5.39. The second kappa shape index (κ2) is 8.29. The number of piperidine rings is 1. The van der Waals surface area contributed by atoms with Gasteiger partial charge in [-0.15, -0.1) is 0 Å². The van der Waals surface area contributed by atoms with E-state index in [0.29, 0.717) is 35.1 Å². The van der Waals surface area contributed by atoms with Crippen molar-refractivity contribution in [3.8, 4) is 0 Å². The van der Waals surface area contributed by atoms with Gasteiger partial charge in [-0.05, 0) is 65.2 Å². The number of rotatable bonds is 4. The highest BCUT2D eigenvalue weighted by Gasteiger charge is 2.27. The van der Waals surface area contributed by atoms with Crippen LogP contribution in [0.4, 0.5) is 5.69 Å². The Morgan fingerprint density at radius 1 is 1.03 bits per heavy atom. The second-order valence-electron chi connectivity index (χ2n) is 7.14. The van der Waals surface area contributed by atoms with Crippen molar-refractivity contribution >= 4 is 33.4 Å². The van der Waals surface area contributed by atoms with Crippen LogP contribution in [0, 0.1) is 0 Å². The standard InChI is InChI=1S/C22H22BrN3O3/c1-24(22(28)19-8-9-20(23)29-19)18-7-3-2-6-17(18)21(27)26-14-10-16(11-15-26)25-12-4-5-13-25/h2-9,12-13,16H,10-11,14-15H2,1H3. The number of amides is 2. The number of carbonyl (C=O) groups excluding carboxylic acids is 2. The molecule has 1 fully saturated rings. The van der Waals surface area contributed by atoms with E-state index in [1.165, 1.54) is 4.90 Å². The molecule has 0 spiro atoms. The van der Waals surface area contributed by atoms with Crippen molar-refractivity contribution in [1.82, 2.24) is 9.47 Å². The fourth-order valence-corrected chi connectivity index (χ4v) is 4.09. The molecule has 0 atom stereocenters. The van der Waals surface area contributed by atoms with Crippen LogP contribution < -0.4 is 4.90 Å². The van der Waals surface area contributed by atoms with E-state index < -0.39 is 0 Å². The summed E-state index contributed by atoms with van der Waals surface area (Å²) in [6, 6.07) is 15.0. The molecule has 2 amide bonds. The Labute approximate surface area is 177 Å². The van der Waals surface area contributed by atoms with Gasteiger partial charge in [0.05, 0.1) is 11.3 Å². The van der Waals surface area contributed by atoms with Crippen molar-refractivity contribution in [2.24, 2.45) is 0 Å². The molecule has 0 bridgehead atoms. The first-order valence-electron chi connectivity index (χ1n) is 9.59. The Bertz CT molecular complexity index is 1000. The minimum absolute atomic E-state index is 0.0492. The molecule has 1 aliphatic rings. The number of hydrogen-bond donors (Lipinski definition) is 0. The number of aromatic nitrogens is 1. The van der Waals surface area contributed by atoms with Crippen molar-refractivity contribution in [3.05, 3.63) is 76.9 Å². The molecule has 0 radical (unpaired) electrons. The van der Waals surface area contributed by atoms with Crippen molar-refractivity contribution in [3.63, 3.8) is 0 Å². The number of benzene rings is 1. The van der Waals surface area contributed by atoms with Crippen LogP contribution in [-0.2, 0) is 0 Å². The molecule has 3 aromatic rings. The number of para-hydroxylation sites is 1. The predicted molar refractivity (Wildman–Crippen MR) is 114 cm³/mol. The average Bonchev–Trinajstić information content (AvgIpc) is 3.44. The maximum Gasteiger partial charge on any atom is 0.293 e. The van der Waals surface area contributed by atoms with Crippen molar-refractivity contribution < 1.29 is 14.0 Å². The van der Waals surface area contributed by atoms with Crippen molar-refractivity contribution in [1.29, 1.82) is 0 Å². The van der Waals surface area contributed by atoms with Gasteiger partial charge in [0.1, 0.15) is 0 Å². The van der Waals surface area contributed by atoms with Crippen LogP contribution in [0.1, 0.15) is 39.8 Å². The predicted octanol–water partition coefficient (Wildman–Crippen LogP) is 4.60. The first kappa shape index (κ1) is 19.5. The molecule has 1 aromatic carbocycles. The number of carbonyl (C=O) groups is 2. The Hall–Kier alpha value is -2.80. The molecular formula is C22H22BrN3O3. The average molecular weight is 456 g/mol. The molecule has 4 rings (SSSR count). The van der Waals surface area contributed by atoms with Gasteiger partial charge in [-0.3, -0.25) is 9.59 Å². The van der Waals surface area contributed by atoms with E-state index >= 15 is 0 Å². The topological polar surface area (TPSA) is 58.7 Å². The van der Waals surface area contributed by atoms with Gasteiger partial charge >= 0.3 is 0 Å². The molecule has 0 aliphatic carbocycles. The van der Waals surface area contributed by atoms with Crippen LogP contribution in [0.3, 0.4) is 0 Å². The second-order valence-corrected chi connectivity index (χ2v) is 7.92. The summed E-state index contributed by atoms with van der Waals surface area (Å²) in [5, 5.41) is 0. The lowest BCUT2D eigenvalue weighted by Crippen LogP contribution is -2.39. The monoisotopic (exact) mass is 455 g/mol. The highest BCUT2D eigenvalue weighted by molar-refractivity contribution is 9.10. The molecule has 2 aromatic heterocycles. The lowest BCUT2D eigenvalue weighted by atomic mass is 10.0. The summed E-state index contributed by atoms with van der Waals surface area (Å²) in [4.78, 5) is 29.3. The summed E-state index contributed by atoms with van der Waals surface area (Å²) in [5.74, 6) is -0.136. The van der Waals surface area contributed by atoms with Crippen LogP contribution in [0.15, 0.2) is 70.0 Å². The number of nitrogens with zero attached hydrogens (tertiary/aromatic N) is 3. The van der Waals surface area contributed by atoms with Crippen molar-refractivity contribution in [2.75, 3.05) is 25.0 Å². The van der Waals surface area contributed by atoms with Gasteiger partial charge in [0, 0.05) is 38.6 Å². The van der Waals surface area contributed by atoms with Crippen LogP contribution >= 0.6 is 15.9 Å². The largest absolute Gasteiger partial charge is 0.444 e. The lowest BCUT2D eigenvalue weighted by molar-refractivity contribution is 0.0695. The zero-order valence-corrected chi connectivity index (χ0v) is 17.7. The summed E-state index contributed by atoms with van der Waals surface area (Å²) >= 11 is 3.21. The highest BCUT2D eigenvalue weighted by Crippen LogP contribution is 2.27. The Morgan fingerprint density at radius 2 is 1.72 bits per heavy atom. The van der Waals surface area contributed by atoms with Crippen LogP contribution in [-0.4, -0.2) is 41.4 Å². The number of halogens is 1. The van der Waals surface area contributed by atoms with E-state index in [2.05, 4.69) is 32.9 Å². The SMILES string of the molecule is CN(C(=O)c1ccc(Br)o1)c1ccccc1C(=O)N1CCC(n2cccc2)CC1. The minimum atomic E-state index is -0.303. The molecule has 0 saturated carbocycles. The Morgan fingerprint density at radius 3 is 2.38 bits per heavy atom. The van der Waals surface area contributed by atoms with Crippen LogP contribution in [0.5, 0.6) is 0 Å². The zero-order chi connectivity index (χ0) is 20.4. The number of likely N-dealkylation sites (tertiary alicyclic amines) is 1. The van der Waals surface area contributed by atoms with E-state index in [9.17, 15) is 9.59 Å². The smallest absolute Gasteiger partial charge is 0.293 e. The molecule has 7 heteroatoms. The zero-order valence-electron chi connectivity index (χ0n) is 16.1. The molecule has 1 saturated heterocycles. The number of anilines is 1. The molecular weight excluding hydrogens is 434 g/mol. The lowest BCUT2D eigenvalue weighted by Gasteiger charge is -2.33. The fourth-order valence-electron chi connectivity index (χ4n) is 3.78. The number of hydrogen-bond acceptors (Lipinski definition) is 3. The van der Waals surface area contributed by atoms with Crippen LogP contribution in [0.2, 0.25) is 0 Å². The van der Waals surface area contributed by atoms with Gasteiger partial charge in [0.25, 0.3) is 11.8 Å². The van der Waals surface area contributed by atoms with Gasteiger partial charge in [-0.25, -0.2) is 0 Å². The minimum Gasteiger partial charge on any atom is -0.444 e. The molecule has 150 valence electrons. The summed E-state index contributed by atoms with van der Waals surface area (Å²) in [6.07, 6.45) is 5.98. The van der Waals surface area contributed by atoms with Gasteiger partial charge < -0.3 is 18.8 Å². The molecule has 29 heavy (non-hydrogen) atoms. The van der Waals surface area contributed by atoms with Crippen molar-refractivity contribution in [2.45, 2.75) is 18.9 Å². The van der Waals surface area contributed by atoms with Gasteiger partial charge in [-0.1, -0.05) is 12.1 Å². The summed E-state index contributed by atoms with van der Waals surface area (Å²) in [7, 11) is 1.66. The summed E-state index contributed by atoms with van der Waals surface area (Å²) in [5.41, 5.74) is 1.09. The van der Waals surface area contributed by atoms with E-state index in [-0.39, 0.29) is 17.6 Å². The van der Waals surface area contributed by atoms with E-state index in [0.717, 1.165) is 12.8 Å². The van der Waals surface area contributed by atoms with Gasteiger partial charge in [-0.2, -0.15) is 0 Å². The third-order valence-corrected chi connectivity index (χ3v) is 5.81. The van der Waals surface area contributed by atoms with E-state index in [4.69, 9.17) is 4.42 Å². The summed E-state index contributed by atoms with van der Waals surface area (Å²) in [6.45, 7) is 1.39. The maximum absolute atomic E-state index is 13.2. The maximum atomic E-state index is 13.2. The molecule has 1 aliphatic heterocycles. The first-order valence-corrected chi connectivity index (χ1v) is 10.4. The van der Waals surface area contributed by atoms with E-state index in [1.807, 2.05) is 29.2 Å². The fraction of sp³-hybridized carbons (Fsp3) is 0.273.